The second kappa shape index (κ2) is 6.63. The molecule has 2 aromatic carbocycles. The van der Waals surface area contributed by atoms with Crippen LogP contribution < -0.4 is 9.80 Å². The van der Waals surface area contributed by atoms with E-state index in [-0.39, 0.29) is 17.4 Å². The number of hydrogen-bond donors (Lipinski definition) is 0. The number of anilines is 2. The molecule has 0 saturated heterocycles. The zero-order valence-corrected chi connectivity index (χ0v) is 14.0. The summed E-state index contributed by atoms with van der Waals surface area (Å²) in [5.74, 6) is -2.32. The van der Waals surface area contributed by atoms with Gasteiger partial charge in [-0.25, -0.2) is 8.78 Å². The fourth-order valence-corrected chi connectivity index (χ4v) is 3.10. The van der Waals surface area contributed by atoms with E-state index in [2.05, 4.69) is 0 Å². The SMILES string of the molecule is CC(=O)N1C[C@H](C)CN(C(=O)c2ccc(F)cc2F)c2ccccc21. The quantitative estimate of drug-likeness (QED) is 0.793. The smallest absolute Gasteiger partial charge is 0.261 e. The fraction of sp³-hybridized carbons (Fsp3) is 0.263. The summed E-state index contributed by atoms with van der Waals surface area (Å²) >= 11 is 0. The number of nitrogens with zero attached hydrogens (tertiary/aromatic N) is 2. The number of fused-ring (bicyclic) bond motifs is 1. The van der Waals surface area contributed by atoms with Crippen molar-refractivity contribution < 1.29 is 18.4 Å². The maximum absolute atomic E-state index is 14.1. The van der Waals surface area contributed by atoms with Gasteiger partial charge in [-0.15, -0.1) is 0 Å². The number of para-hydroxylation sites is 2. The molecule has 0 radical (unpaired) electrons. The molecule has 0 unspecified atom stereocenters. The van der Waals surface area contributed by atoms with E-state index in [0.29, 0.717) is 30.5 Å². The Bertz CT molecular complexity index is 838. The van der Waals surface area contributed by atoms with Gasteiger partial charge in [0, 0.05) is 26.1 Å². The summed E-state index contributed by atoms with van der Waals surface area (Å²) in [7, 11) is 0. The highest BCUT2D eigenvalue weighted by molar-refractivity contribution is 6.09. The highest BCUT2D eigenvalue weighted by atomic mass is 19.1. The summed E-state index contributed by atoms with van der Waals surface area (Å²) in [5, 5.41) is 0. The lowest BCUT2D eigenvalue weighted by Gasteiger charge is -2.25. The first kappa shape index (κ1) is 17.1. The number of carbonyl (C=O) groups is 2. The van der Waals surface area contributed by atoms with Crippen molar-refractivity contribution in [1.82, 2.24) is 0 Å². The number of benzene rings is 2. The van der Waals surface area contributed by atoms with Crippen LogP contribution in [0.1, 0.15) is 24.2 Å². The number of halogens is 2. The van der Waals surface area contributed by atoms with E-state index in [1.54, 1.807) is 29.2 Å². The highest BCUT2D eigenvalue weighted by Crippen LogP contribution is 2.34. The number of carbonyl (C=O) groups excluding carboxylic acids is 2. The van der Waals surface area contributed by atoms with E-state index >= 15 is 0 Å². The first-order chi connectivity index (χ1) is 11.9. The molecule has 0 spiro atoms. The Balaban J connectivity index is 2.09. The molecular weight excluding hydrogens is 326 g/mol. The van der Waals surface area contributed by atoms with E-state index in [1.165, 1.54) is 11.8 Å². The molecule has 1 heterocycles. The van der Waals surface area contributed by atoms with Crippen LogP contribution in [0.25, 0.3) is 0 Å². The molecule has 2 aromatic rings. The lowest BCUT2D eigenvalue weighted by atomic mass is 10.1. The Morgan fingerprint density at radius 2 is 1.60 bits per heavy atom. The molecule has 4 nitrogen and oxygen atoms in total. The predicted molar refractivity (Wildman–Crippen MR) is 91.7 cm³/mol. The Morgan fingerprint density at radius 1 is 1.00 bits per heavy atom. The topological polar surface area (TPSA) is 40.6 Å². The van der Waals surface area contributed by atoms with Gasteiger partial charge < -0.3 is 9.80 Å². The zero-order valence-electron chi connectivity index (χ0n) is 14.0. The lowest BCUT2D eigenvalue weighted by Crippen LogP contribution is -2.36. The molecule has 6 heteroatoms. The van der Waals surface area contributed by atoms with Gasteiger partial charge in [-0.05, 0) is 30.2 Å². The molecule has 2 amide bonds. The molecule has 0 saturated carbocycles. The van der Waals surface area contributed by atoms with Gasteiger partial charge in [-0.1, -0.05) is 19.1 Å². The molecule has 0 N–H and O–H groups in total. The summed E-state index contributed by atoms with van der Waals surface area (Å²) in [6.45, 7) is 4.18. The van der Waals surface area contributed by atoms with E-state index < -0.39 is 17.5 Å². The van der Waals surface area contributed by atoms with Crippen molar-refractivity contribution in [2.75, 3.05) is 22.9 Å². The number of hydrogen-bond acceptors (Lipinski definition) is 2. The second-order valence-electron chi connectivity index (χ2n) is 6.26. The summed E-state index contributed by atoms with van der Waals surface area (Å²) < 4.78 is 27.2. The Hall–Kier alpha value is -2.76. The van der Waals surface area contributed by atoms with Crippen molar-refractivity contribution in [2.24, 2.45) is 5.92 Å². The predicted octanol–water partition coefficient (Wildman–Crippen LogP) is 3.61. The standard InChI is InChI=1S/C19H18F2N2O2/c1-12-10-22(13(2)24)17-5-3-4-6-18(17)23(11-12)19(25)15-8-7-14(20)9-16(15)21/h3-9,12H,10-11H2,1-2H3/t12-/m0/s1. The van der Waals surface area contributed by atoms with E-state index in [9.17, 15) is 18.4 Å². The second-order valence-corrected chi connectivity index (χ2v) is 6.26. The average Bonchev–Trinajstić information content (AvgIpc) is 2.71. The highest BCUT2D eigenvalue weighted by Gasteiger charge is 2.31. The Labute approximate surface area is 144 Å². The minimum Gasteiger partial charge on any atom is -0.310 e. The number of rotatable bonds is 1. The lowest BCUT2D eigenvalue weighted by molar-refractivity contribution is -0.116. The van der Waals surface area contributed by atoms with Gasteiger partial charge in [0.05, 0.1) is 16.9 Å². The molecule has 130 valence electrons. The summed E-state index contributed by atoms with van der Waals surface area (Å²) in [4.78, 5) is 28.0. The average molecular weight is 344 g/mol. The van der Waals surface area contributed by atoms with Gasteiger partial charge in [-0.3, -0.25) is 9.59 Å². The molecule has 25 heavy (non-hydrogen) atoms. The van der Waals surface area contributed by atoms with Gasteiger partial charge >= 0.3 is 0 Å². The van der Waals surface area contributed by atoms with Crippen LogP contribution in [0.15, 0.2) is 42.5 Å². The van der Waals surface area contributed by atoms with Crippen molar-refractivity contribution >= 4 is 23.2 Å². The van der Waals surface area contributed by atoms with Crippen molar-refractivity contribution in [3.8, 4) is 0 Å². The van der Waals surface area contributed by atoms with Crippen LogP contribution in [-0.4, -0.2) is 24.9 Å². The first-order valence-electron chi connectivity index (χ1n) is 8.02. The largest absolute Gasteiger partial charge is 0.310 e. The molecule has 0 bridgehead atoms. The molecular formula is C19H18F2N2O2. The maximum Gasteiger partial charge on any atom is 0.261 e. The molecule has 0 aliphatic carbocycles. The minimum absolute atomic E-state index is 0.0104. The van der Waals surface area contributed by atoms with Gasteiger partial charge in [-0.2, -0.15) is 0 Å². The molecule has 3 rings (SSSR count). The van der Waals surface area contributed by atoms with Crippen molar-refractivity contribution in [2.45, 2.75) is 13.8 Å². The monoisotopic (exact) mass is 344 g/mol. The third kappa shape index (κ3) is 3.24. The van der Waals surface area contributed by atoms with E-state index in [4.69, 9.17) is 0 Å². The summed E-state index contributed by atoms with van der Waals surface area (Å²) in [5.41, 5.74) is 0.950. The summed E-state index contributed by atoms with van der Waals surface area (Å²) in [6.07, 6.45) is 0. The van der Waals surface area contributed by atoms with Crippen molar-refractivity contribution in [3.05, 3.63) is 59.7 Å². The van der Waals surface area contributed by atoms with E-state index in [1.807, 2.05) is 6.92 Å². The molecule has 0 aromatic heterocycles. The van der Waals surface area contributed by atoms with Gasteiger partial charge in [0.25, 0.3) is 5.91 Å². The zero-order chi connectivity index (χ0) is 18.1. The molecule has 1 atom stereocenters. The molecule has 0 fully saturated rings. The van der Waals surface area contributed by atoms with Crippen LogP contribution in [0.4, 0.5) is 20.2 Å². The van der Waals surface area contributed by atoms with E-state index in [0.717, 1.165) is 12.1 Å². The number of amides is 2. The van der Waals surface area contributed by atoms with Gasteiger partial charge in [0.15, 0.2) is 0 Å². The van der Waals surface area contributed by atoms with Crippen LogP contribution in [0.3, 0.4) is 0 Å². The Morgan fingerprint density at radius 3 is 2.20 bits per heavy atom. The van der Waals surface area contributed by atoms with Crippen molar-refractivity contribution in [1.29, 1.82) is 0 Å². The van der Waals surface area contributed by atoms with Crippen LogP contribution in [0.2, 0.25) is 0 Å². The first-order valence-corrected chi connectivity index (χ1v) is 8.02. The third-order valence-electron chi connectivity index (χ3n) is 4.24. The van der Waals surface area contributed by atoms with Gasteiger partial charge in [0.1, 0.15) is 11.6 Å². The minimum atomic E-state index is -0.900. The summed E-state index contributed by atoms with van der Waals surface area (Å²) in [6, 6.07) is 9.93. The third-order valence-corrected chi connectivity index (χ3v) is 4.24. The van der Waals surface area contributed by atoms with Crippen molar-refractivity contribution in [3.63, 3.8) is 0 Å². The van der Waals surface area contributed by atoms with Crippen LogP contribution in [-0.2, 0) is 4.79 Å². The molecule has 1 aliphatic rings. The van der Waals surface area contributed by atoms with Crippen LogP contribution in [0.5, 0.6) is 0 Å². The van der Waals surface area contributed by atoms with Gasteiger partial charge in [0.2, 0.25) is 5.91 Å². The normalized spacial score (nSPS) is 17.0. The Kier molecular flexibility index (Phi) is 4.53. The maximum atomic E-state index is 14.1. The molecule has 1 aliphatic heterocycles. The van der Waals surface area contributed by atoms with Crippen LogP contribution >= 0.6 is 0 Å². The fourth-order valence-electron chi connectivity index (χ4n) is 3.10. The van der Waals surface area contributed by atoms with Crippen LogP contribution in [0, 0.1) is 17.6 Å².